The molecule has 1 saturated carbocycles. The van der Waals surface area contributed by atoms with E-state index < -0.39 is 0 Å². The van der Waals surface area contributed by atoms with Crippen molar-refractivity contribution >= 4 is 16.8 Å². The smallest absolute Gasteiger partial charge is 0.254 e. The van der Waals surface area contributed by atoms with Gasteiger partial charge in [0.15, 0.2) is 0 Å². The zero-order chi connectivity index (χ0) is 17.5. The van der Waals surface area contributed by atoms with Crippen LogP contribution in [0.3, 0.4) is 0 Å². The van der Waals surface area contributed by atoms with Crippen molar-refractivity contribution in [3.8, 4) is 0 Å². The third kappa shape index (κ3) is 3.01. The zero-order valence-electron chi connectivity index (χ0n) is 15.4. The minimum atomic E-state index is 0.199. The van der Waals surface area contributed by atoms with Crippen molar-refractivity contribution in [2.75, 3.05) is 26.2 Å². The molecule has 0 atom stereocenters. The topological polar surface area (TPSA) is 36.4 Å². The lowest BCUT2D eigenvalue weighted by Crippen LogP contribution is -2.46. The summed E-state index contributed by atoms with van der Waals surface area (Å²) in [6.45, 7) is 4.27. The third-order valence-electron chi connectivity index (χ3n) is 6.37. The molecule has 5 rings (SSSR count). The first-order valence-electron chi connectivity index (χ1n) is 10.2. The van der Waals surface area contributed by atoms with Gasteiger partial charge in [-0.15, -0.1) is 0 Å². The molecular weight excluding hydrogens is 322 g/mol. The summed E-state index contributed by atoms with van der Waals surface area (Å²) in [5, 5.41) is 1.00. The summed E-state index contributed by atoms with van der Waals surface area (Å²) in [7, 11) is 0. The molecule has 1 aromatic heterocycles. The monoisotopic (exact) mass is 349 g/mol. The van der Waals surface area contributed by atoms with E-state index in [4.69, 9.17) is 4.98 Å². The van der Waals surface area contributed by atoms with E-state index in [0.29, 0.717) is 12.0 Å². The van der Waals surface area contributed by atoms with Crippen molar-refractivity contribution in [1.29, 1.82) is 0 Å². The number of nitrogens with zero attached hydrogens (tertiary/aromatic N) is 3. The van der Waals surface area contributed by atoms with E-state index >= 15 is 0 Å². The van der Waals surface area contributed by atoms with Gasteiger partial charge in [-0.05, 0) is 63.7 Å². The fraction of sp³-hybridized carbons (Fsp3) is 0.545. The number of benzene rings is 1. The quantitative estimate of drug-likeness (QED) is 0.845. The van der Waals surface area contributed by atoms with Crippen LogP contribution in [0.25, 0.3) is 10.9 Å². The Morgan fingerprint density at radius 3 is 2.42 bits per heavy atom. The number of hydrogen-bond acceptors (Lipinski definition) is 3. The summed E-state index contributed by atoms with van der Waals surface area (Å²) in [6, 6.07) is 10.9. The molecule has 26 heavy (non-hydrogen) atoms. The number of carbonyl (C=O) groups excluding carboxylic acids is 1. The first-order chi connectivity index (χ1) is 12.8. The lowest BCUT2D eigenvalue weighted by molar-refractivity contribution is 0.0646. The first kappa shape index (κ1) is 16.2. The van der Waals surface area contributed by atoms with Crippen LogP contribution in [0.15, 0.2) is 30.3 Å². The predicted molar refractivity (Wildman–Crippen MR) is 103 cm³/mol. The van der Waals surface area contributed by atoms with Gasteiger partial charge in [0.2, 0.25) is 0 Å². The molecule has 2 saturated heterocycles. The highest BCUT2D eigenvalue weighted by Crippen LogP contribution is 2.40. The van der Waals surface area contributed by atoms with Crippen LogP contribution in [0.1, 0.15) is 60.5 Å². The van der Waals surface area contributed by atoms with E-state index in [1.54, 1.807) is 0 Å². The number of para-hydroxylation sites is 1. The summed E-state index contributed by atoms with van der Waals surface area (Å²) in [4.78, 5) is 22.8. The van der Waals surface area contributed by atoms with Crippen LogP contribution in [-0.4, -0.2) is 52.9 Å². The molecule has 136 valence electrons. The van der Waals surface area contributed by atoms with Gasteiger partial charge in [0.1, 0.15) is 0 Å². The SMILES string of the molecule is O=C(c1cc(C2CC2)nc2ccccc12)N1CCC(N2CCCC2)CC1. The maximum absolute atomic E-state index is 13.3. The number of likely N-dealkylation sites (tertiary alicyclic amines) is 2. The molecular formula is C22H27N3O. The minimum Gasteiger partial charge on any atom is -0.339 e. The molecule has 0 unspecified atom stereocenters. The lowest BCUT2D eigenvalue weighted by Gasteiger charge is -2.36. The van der Waals surface area contributed by atoms with Gasteiger partial charge in [-0.2, -0.15) is 0 Å². The van der Waals surface area contributed by atoms with E-state index in [1.807, 2.05) is 24.3 Å². The molecule has 2 aliphatic heterocycles. The summed E-state index contributed by atoms with van der Waals surface area (Å²) in [5.74, 6) is 0.762. The normalized spacial score (nSPS) is 22.2. The molecule has 0 bridgehead atoms. The zero-order valence-corrected chi connectivity index (χ0v) is 15.4. The van der Waals surface area contributed by atoms with Crippen molar-refractivity contribution in [3.05, 3.63) is 41.6 Å². The molecule has 3 aliphatic rings. The molecule has 4 nitrogen and oxygen atoms in total. The van der Waals surface area contributed by atoms with Gasteiger partial charge in [-0.1, -0.05) is 18.2 Å². The highest BCUT2D eigenvalue weighted by atomic mass is 16.2. The van der Waals surface area contributed by atoms with E-state index in [2.05, 4.69) is 15.9 Å². The minimum absolute atomic E-state index is 0.199. The molecule has 1 aromatic carbocycles. The molecule has 0 radical (unpaired) electrons. The molecule has 3 heterocycles. The van der Waals surface area contributed by atoms with Gasteiger partial charge >= 0.3 is 0 Å². The average Bonchev–Trinajstić information content (AvgIpc) is 3.41. The van der Waals surface area contributed by atoms with Crippen molar-refractivity contribution < 1.29 is 4.79 Å². The van der Waals surface area contributed by atoms with Crippen molar-refractivity contribution in [3.63, 3.8) is 0 Å². The van der Waals surface area contributed by atoms with Crippen LogP contribution in [0.4, 0.5) is 0 Å². The van der Waals surface area contributed by atoms with Gasteiger partial charge in [-0.25, -0.2) is 0 Å². The summed E-state index contributed by atoms with van der Waals surface area (Å²) < 4.78 is 0. The number of amides is 1. The van der Waals surface area contributed by atoms with Gasteiger partial charge in [0.05, 0.1) is 11.1 Å². The van der Waals surface area contributed by atoms with Crippen molar-refractivity contribution in [1.82, 2.24) is 14.8 Å². The average molecular weight is 349 g/mol. The Labute approximate surface area is 155 Å². The van der Waals surface area contributed by atoms with E-state index in [-0.39, 0.29) is 5.91 Å². The Bertz CT molecular complexity index is 815. The maximum atomic E-state index is 13.3. The molecule has 3 fully saturated rings. The second-order valence-corrected chi connectivity index (χ2v) is 8.15. The molecule has 1 amide bonds. The van der Waals surface area contributed by atoms with Crippen LogP contribution in [0.5, 0.6) is 0 Å². The Kier molecular flexibility index (Phi) is 4.16. The molecule has 2 aromatic rings. The molecule has 4 heteroatoms. The van der Waals surface area contributed by atoms with Crippen LogP contribution >= 0.6 is 0 Å². The Hall–Kier alpha value is -1.94. The van der Waals surface area contributed by atoms with E-state index in [1.165, 1.54) is 38.8 Å². The third-order valence-corrected chi connectivity index (χ3v) is 6.37. The lowest BCUT2D eigenvalue weighted by atomic mass is 10.0. The van der Waals surface area contributed by atoms with Crippen molar-refractivity contribution in [2.45, 2.75) is 50.5 Å². The number of fused-ring (bicyclic) bond motifs is 1. The standard InChI is InChI=1S/C22H27N3O/c26-22(25-13-9-17(10-14-25)24-11-3-4-12-24)19-15-21(16-7-8-16)23-20-6-2-1-5-18(19)20/h1-2,5-6,15-17H,3-4,7-14H2. The van der Waals surface area contributed by atoms with E-state index in [9.17, 15) is 4.79 Å². The molecule has 1 aliphatic carbocycles. The van der Waals surface area contributed by atoms with E-state index in [0.717, 1.165) is 48.1 Å². The summed E-state index contributed by atoms with van der Waals surface area (Å²) >= 11 is 0. The Morgan fingerprint density at radius 2 is 1.69 bits per heavy atom. The van der Waals surface area contributed by atoms with Gasteiger partial charge in [0, 0.05) is 36.1 Å². The maximum Gasteiger partial charge on any atom is 0.254 e. The van der Waals surface area contributed by atoms with Crippen molar-refractivity contribution in [2.24, 2.45) is 0 Å². The molecule has 0 spiro atoms. The first-order valence-corrected chi connectivity index (χ1v) is 10.2. The number of rotatable bonds is 3. The van der Waals surface area contributed by atoms with Crippen LogP contribution in [0.2, 0.25) is 0 Å². The number of piperidine rings is 1. The predicted octanol–water partition coefficient (Wildman–Crippen LogP) is 3.81. The van der Waals surface area contributed by atoms with Gasteiger partial charge in [0.25, 0.3) is 5.91 Å². The second-order valence-electron chi connectivity index (χ2n) is 8.15. The Balaban J connectivity index is 1.38. The number of pyridine rings is 1. The highest BCUT2D eigenvalue weighted by Gasteiger charge is 2.31. The summed E-state index contributed by atoms with van der Waals surface area (Å²) in [5.41, 5.74) is 2.93. The molecule has 0 N–H and O–H groups in total. The fourth-order valence-electron chi connectivity index (χ4n) is 4.67. The number of aromatic nitrogens is 1. The largest absolute Gasteiger partial charge is 0.339 e. The fourth-order valence-corrected chi connectivity index (χ4v) is 4.67. The van der Waals surface area contributed by atoms with Crippen LogP contribution in [-0.2, 0) is 0 Å². The van der Waals surface area contributed by atoms with Crippen LogP contribution in [0, 0.1) is 0 Å². The second kappa shape index (κ2) is 6.66. The van der Waals surface area contributed by atoms with Gasteiger partial charge < -0.3 is 9.80 Å². The summed E-state index contributed by atoms with van der Waals surface area (Å²) in [6.07, 6.45) is 7.33. The van der Waals surface area contributed by atoms with Gasteiger partial charge in [-0.3, -0.25) is 9.78 Å². The number of carbonyl (C=O) groups is 1. The Morgan fingerprint density at radius 1 is 0.962 bits per heavy atom. The number of hydrogen-bond donors (Lipinski definition) is 0. The van der Waals surface area contributed by atoms with Crippen LogP contribution < -0.4 is 0 Å². The highest BCUT2D eigenvalue weighted by molar-refractivity contribution is 6.06.